The van der Waals surface area contributed by atoms with E-state index in [-0.39, 0.29) is 18.1 Å². The first-order chi connectivity index (χ1) is 9.56. The standard InChI is InChI=1S/C15H26O6/c1-8(2)11(16)15-12(20-14(5,6)21-15)10-9(7-17-15)18-13(3,4)19-10/h8-12,16H,7H2,1-6H3/t9-,10-,11-,12+,15+/m1/s1. The molecule has 0 aromatic heterocycles. The van der Waals surface area contributed by atoms with E-state index in [1.807, 2.05) is 41.5 Å². The van der Waals surface area contributed by atoms with Gasteiger partial charge in [0.25, 0.3) is 0 Å². The molecule has 3 aliphatic heterocycles. The number of aliphatic hydroxyl groups is 1. The molecule has 0 amide bonds. The maximum absolute atomic E-state index is 10.7. The molecule has 21 heavy (non-hydrogen) atoms. The molecular formula is C15H26O6. The van der Waals surface area contributed by atoms with Gasteiger partial charge in [-0.3, -0.25) is 0 Å². The third-order valence-corrected chi connectivity index (χ3v) is 4.25. The fourth-order valence-electron chi connectivity index (χ4n) is 3.50. The van der Waals surface area contributed by atoms with Crippen LogP contribution in [-0.4, -0.2) is 53.5 Å². The smallest absolute Gasteiger partial charge is 0.227 e. The van der Waals surface area contributed by atoms with Crippen LogP contribution in [0.5, 0.6) is 0 Å². The lowest BCUT2D eigenvalue weighted by molar-refractivity contribution is -0.324. The fourth-order valence-corrected chi connectivity index (χ4v) is 3.50. The van der Waals surface area contributed by atoms with Crippen LogP contribution in [-0.2, 0) is 23.7 Å². The van der Waals surface area contributed by atoms with Crippen LogP contribution in [0.1, 0.15) is 41.5 Å². The molecule has 3 fully saturated rings. The zero-order valence-corrected chi connectivity index (χ0v) is 13.6. The number of rotatable bonds is 2. The summed E-state index contributed by atoms with van der Waals surface area (Å²) in [6.45, 7) is 11.5. The molecule has 3 heterocycles. The molecule has 3 saturated heterocycles. The van der Waals surface area contributed by atoms with Gasteiger partial charge in [0.2, 0.25) is 5.79 Å². The molecule has 3 aliphatic rings. The lowest BCUT2D eigenvalue weighted by Gasteiger charge is -2.44. The summed E-state index contributed by atoms with van der Waals surface area (Å²) in [5.41, 5.74) is 0. The Kier molecular flexibility index (Phi) is 3.45. The number of hydrogen-bond donors (Lipinski definition) is 1. The molecule has 6 nitrogen and oxygen atoms in total. The van der Waals surface area contributed by atoms with Gasteiger partial charge in [-0.05, 0) is 33.6 Å². The van der Waals surface area contributed by atoms with Crippen molar-refractivity contribution in [2.45, 2.75) is 83.3 Å². The lowest BCUT2D eigenvalue weighted by atomic mass is 9.88. The molecule has 0 aromatic rings. The van der Waals surface area contributed by atoms with E-state index in [9.17, 15) is 5.11 Å². The average molecular weight is 302 g/mol. The number of fused-ring (bicyclic) bond motifs is 3. The molecule has 5 atom stereocenters. The van der Waals surface area contributed by atoms with Gasteiger partial charge >= 0.3 is 0 Å². The van der Waals surface area contributed by atoms with Gasteiger partial charge in [-0.25, -0.2) is 0 Å². The molecule has 122 valence electrons. The van der Waals surface area contributed by atoms with Crippen LogP contribution in [0, 0.1) is 5.92 Å². The SMILES string of the molecule is CC(C)[C@@H](O)[C@@]12OC[C@H]3OC(C)(C)O[C@H]3[C@@H]1OC(C)(C)O2. The van der Waals surface area contributed by atoms with E-state index in [2.05, 4.69) is 0 Å². The minimum atomic E-state index is -1.21. The second-order valence-electron chi connectivity index (χ2n) is 7.40. The van der Waals surface area contributed by atoms with E-state index in [4.69, 9.17) is 23.7 Å². The van der Waals surface area contributed by atoms with Gasteiger partial charge in [-0.1, -0.05) is 13.8 Å². The largest absolute Gasteiger partial charge is 0.387 e. The Morgan fingerprint density at radius 2 is 1.67 bits per heavy atom. The maximum Gasteiger partial charge on any atom is 0.227 e. The molecule has 0 radical (unpaired) electrons. The van der Waals surface area contributed by atoms with Gasteiger partial charge in [0.15, 0.2) is 11.6 Å². The van der Waals surface area contributed by atoms with Crippen molar-refractivity contribution in [3.63, 3.8) is 0 Å². The number of aliphatic hydroxyl groups excluding tert-OH is 1. The van der Waals surface area contributed by atoms with E-state index >= 15 is 0 Å². The zero-order valence-electron chi connectivity index (χ0n) is 13.6. The Hall–Kier alpha value is -0.240. The predicted molar refractivity (Wildman–Crippen MR) is 73.4 cm³/mol. The first-order valence-electron chi connectivity index (χ1n) is 7.62. The van der Waals surface area contributed by atoms with Crippen LogP contribution in [0.25, 0.3) is 0 Å². The van der Waals surface area contributed by atoms with Gasteiger partial charge in [0.1, 0.15) is 24.4 Å². The van der Waals surface area contributed by atoms with Crippen molar-refractivity contribution in [3.8, 4) is 0 Å². The van der Waals surface area contributed by atoms with Gasteiger partial charge in [0, 0.05) is 0 Å². The highest BCUT2D eigenvalue weighted by molar-refractivity contribution is 5.06. The van der Waals surface area contributed by atoms with E-state index in [0.29, 0.717) is 6.61 Å². The second-order valence-corrected chi connectivity index (χ2v) is 7.40. The van der Waals surface area contributed by atoms with Gasteiger partial charge in [-0.2, -0.15) is 0 Å². The molecule has 6 heteroatoms. The summed E-state index contributed by atoms with van der Waals surface area (Å²) in [5.74, 6) is -2.77. The van der Waals surface area contributed by atoms with Crippen LogP contribution in [0.3, 0.4) is 0 Å². The maximum atomic E-state index is 10.7. The third kappa shape index (κ3) is 2.42. The van der Waals surface area contributed by atoms with E-state index in [1.54, 1.807) is 0 Å². The lowest BCUT2D eigenvalue weighted by Crippen LogP contribution is -2.64. The monoisotopic (exact) mass is 302 g/mol. The first kappa shape index (κ1) is 15.6. The molecule has 0 unspecified atom stereocenters. The number of ether oxygens (including phenoxy) is 5. The molecule has 0 aliphatic carbocycles. The summed E-state index contributed by atoms with van der Waals surface area (Å²) in [5, 5.41) is 10.7. The first-order valence-corrected chi connectivity index (χ1v) is 7.62. The minimum Gasteiger partial charge on any atom is -0.387 e. The van der Waals surface area contributed by atoms with Crippen molar-refractivity contribution >= 4 is 0 Å². The molecule has 0 saturated carbocycles. The van der Waals surface area contributed by atoms with E-state index in [1.165, 1.54) is 0 Å². The van der Waals surface area contributed by atoms with Gasteiger partial charge in [0.05, 0.1) is 6.61 Å². The van der Waals surface area contributed by atoms with Crippen LogP contribution in [0.15, 0.2) is 0 Å². The molecule has 1 N–H and O–H groups in total. The van der Waals surface area contributed by atoms with Gasteiger partial charge < -0.3 is 28.8 Å². The van der Waals surface area contributed by atoms with Crippen molar-refractivity contribution in [1.82, 2.24) is 0 Å². The van der Waals surface area contributed by atoms with Crippen molar-refractivity contribution in [1.29, 1.82) is 0 Å². The third-order valence-electron chi connectivity index (χ3n) is 4.25. The highest BCUT2D eigenvalue weighted by atomic mass is 16.9. The van der Waals surface area contributed by atoms with Crippen molar-refractivity contribution in [2.75, 3.05) is 6.61 Å². The Morgan fingerprint density at radius 1 is 1.00 bits per heavy atom. The topological polar surface area (TPSA) is 66.4 Å². The number of hydrogen-bond acceptors (Lipinski definition) is 6. The Bertz CT molecular complexity index is 420. The quantitative estimate of drug-likeness (QED) is 0.832. The van der Waals surface area contributed by atoms with Crippen LogP contribution < -0.4 is 0 Å². The minimum absolute atomic E-state index is 0.0307. The van der Waals surface area contributed by atoms with Crippen molar-refractivity contribution < 1.29 is 28.8 Å². The Balaban J connectivity index is 1.95. The summed E-state index contributed by atoms with van der Waals surface area (Å²) in [6.07, 6.45) is -1.86. The van der Waals surface area contributed by atoms with E-state index in [0.717, 1.165) is 0 Å². The summed E-state index contributed by atoms with van der Waals surface area (Å²) >= 11 is 0. The zero-order chi connectivity index (χ0) is 15.6. The Morgan fingerprint density at radius 3 is 2.29 bits per heavy atom. The molecule has 0 aromatic carbocycles. The summed E-state index contributed by atoms with van der Waals surface area (Å²) < 4.78 is 29.8. The predicted octanol–water partition coefficient (Wildman–Crippen LogP) is 1.40. The second kappa shape index (κ2) is 4.63. The van der Waals surface area contributed by atoms with Gasteiger partial charge in [-0.15, -0.1) is 0 Å². The van der Waals surface area contributed by atoms with Crippen molar-refractivity contribution in [2.24, 2.45) is 5.92 Å². The van der Waals surface area contributed by atoms with Crippen molar-refractivity contribution in [3.05, 3.63) is 0 Å². The van der Waals surface area contributed by atoms with Crippen LogP contribution >= 0.6 is 0 Å². The highest BCUT2D eigenvalue weighted by Crippen LogP contribution is 2.49. The Labute approximate surface area is 125 Å². The molecule has 0 spiro atoms. The fraction of sp³-hybridized carbons (Fsp3) is 1.00. The highest BCUT2D eigenvalue weighted by Gasteiger charge is 2.68. The summed E-state index contributed by atoms with van der Waals surface area (Å²) in [6, 6.07) is 0. The summed E-state index contributed by atoms with van der Waals surface area (Å²) in [4.78, 5) is 0. The average Bonchev–Trinajstić information content (AvgIpc) is 2.80. The van der Waals surface area contributed by atoms with Crippen LogP contribution in [0.2, 0.25) is 0 Å². The van der Waals surface area contributed by atoms with E-state index < -0.39 is 29.6 Å². The normalized spacial score (nSPS) is 45.4. The summed E-state index contributed by atoms with van der Waals surface area (Å²) in [7, 11) is 0. The molecule has 3 rings (SSSR count). The van der Waals surface area contributed by atoms with Crippen LogP contribution in [0.4, 0.5) is 0 Å². The molecular weight excluding hydrogens is 276 g/mol. The molecule has 0 bridgehead atoms.